The van der Waals surface area contributed by atoms with Crippen LogP contribution in [-0.4, -0.2) is 6.54 Å². The molecule has 3 heteroatoms. The van der Waals surface area contributed by atoms with Gasteiger partial charge >= 0.3 is 0 Å². The van der Waals surface area contributed by atoms with Crippen molar-refractivity contribution in [1.29, 1.82) is 0 Å². The third-order valence-corrected chi connectivity index (χ3v) is 1.73. The molecule has 0 aromatic heterocycles. The molecule has 0 aliphatic carbocycles. The van der Waals surface area contributed by atoms with Crippen molar-refractivity contribution < 1.29 is 1.41 Å². The van der Waals surface area contributed by atoms with E-state index in [1.165, 1.54) is 0 Å². The largest absolute Gasteiger partial charge is 0.381 e. The van der Waals surface area contributed by atoms with E-state index in [2.05, 4.69) is 0 Å². The summed E-state index contributed by atoms with van der Waals surface area (Å²) in [6.45, 7) is 5.98. The molecular weight excluding hydrogens is 154 g/mol. The summed E-state index contributed by atoms with van der Waals surface area (Å²) in [4.78, 5) is 21.9. The highest BCUT2D eigenvalue weighted by Gasteiger charge is 2.15. The molecule has 0 saturated heterocycles. The Morgan fingerprint density at radius 2 is 2.00 bits per heavy atom. The van der Waals surface area contributed by atoms with Crippen LogP contribution in [0.15, 0.2) is 9.59 Å². The molecule has 1 aromatic carbocycles. The van der Waals surface area contributed by atoms with Crippen LogP contribution in [0.3, 0.4) is 0 Å². The zero-order valence-electron chi connectivity index (χ0n) is 8.55. The maximum atomic E-state index is 11.0. The molecule has 0 aliphatic heterocycles. The molecule has 12 heavy (non-hydrogen) atoms. The fraction of sp³-hybridized carbons (Fsp3) is 0.556. The molecule has 0 aliphatic rings. The van der Waals surface area contributed by atoms with Gasteiger partial charge in [-0.2, -0.15) is 0 Å². The summed E-state index contributed by atoms with van der Waals surface area (Å²) >= 11 is 0. The summed E-state index contributed by atoms with van der Waals surface area (Å²) in [5, 5.41) is 1.11. The van der Waals surface area contributed by atoms with Crippen LogP contribution in [0.4, 0.5) is 5.69 Å². The molecule has 0 unspecified atom stereocenters. The Hall–Kier alpha value is -1.12. The Kier molecular flexibility index (Phi) is 1.94. The van der Waals surface area contributed by atoms with Crippen molar-refractivity contribution in [3.05, 3.63) is 26.0 Å². The van der Waals surface area contributed by atoms with E-state index >= 15 is 0 Å². The maximum Gasteiger partial charge on any atom is 0.249 e. The van der Waals surface area contributed by atoms with Crippen molar-refractivity contribution in [2.45, 2.75) is 20.8 Å². The summed E-state index contributed by atoms with van der Waals surface area (Å²) < 4.78 is 7.51. The van der Waals surface area contributed by atoms with Gasteiger partial charge in [0.15, 0.2) is 1.41 Å². The van der Waals surface area contributed by atoms with Crippen molar-refractivity contribution in [1.82, 2.24) is 0 Å². The molecule has 0 fully saturated rings. The Bertz CT molecular complexity index is 377. The van der Waals surface area contributed by atoms with E-state index in [-0.39, 0.29) is 5.69 Å². The second kappa shape index (κ2) is 3.09. The summed E-state index contributed by atoms with van der Waals surface area (Å²) in [5.41, 5.74) is -0.288. The number of hydrogen-bond donors (Lipinski definition) is 1. The van der Waals surface area contributed by atoms with Crippen molar-refractivity contribution in [2.24, 2.45) is 5.92 Å². The number of anilines is 1. The molecular formula is C9H13NO2. The van der Waals surface area contributed by atoms with Crippen LogP contribution < -0.4 is 16.2 Å². The lowest BCUT2D eigenvalue weighted by Gasteiger charge is -2.11. The highest BCUT2D eigenvalue weighted by atomic mass is 16.2. The zero-order chi connectivity index (χ0) is 10.2. The van der Waals surface area contributed by atoms with Crippen molar-refractivity contribution >= 4 is 5.69 Å². The Labute approximate surface area is 72.6 Å². The van der Waals surface area contributed by atoms with E-state index in [0.29, 0.717) is 18.0 Å². The summed E-state index contributed by atoms with van der Waals surface area (Å²) in [7, 11) is 0. The van der Waals surface area contributed by atoms with Crippen molar-refractivity contribution in [3.63, 3.8) is 0 Å². The first-order valence-electron chi connectivity index (χ1n) is 4.46. The topological polar surface area (TPSA) is 46.2 Å². The molecule has 1 aromatic rings. The maximum absolute atomic E-state index is 11.0. The quantitative estimate of drug-likeness (QED) is 0.676. The minimum absolute atomic E-state index is 0.263. The van der Waals surface area contributed by atoms with Gasteiger partial charge in [-0.1, -0.05) is 13.8 Å². The van der Waals surface area contributed by atoms with Gasteiger partial charge in [-0.3, -0.25) is 9.59 Å². The van der Waals surface area contributed by atoms with Crippen LogP contribution in [0.2, 0.25) is 1.41 Å². The van der Waals surface area contributed by atoms with Gasteiger partial charge in [0.25, 0.3) is 0 Å². The van der Waals surface area contributed by atoms with E-state index in [1.54, 1.807) is 6.92 Å². The van der Waals surface area contributed by atoms with Gasteiger partial charge < -0.3 is 5.31 Å². The lowest BCUT2D eigenvalue weighted by molar-refractivity contribution is 0.687. The Morgan fingerprint density at radius 1 is 1.42 bits per heavy atom. The van der Waals surface area contributed by atoms with E-state index in [4.69, 9.17) is 1.41 Å². The second-order valence-electron chi connectivity index (χ2n) is 3.37. The third-order valence-electron chi connectivity index (χ3n) is 1.73. The lowest BCUT2D eigenvalue weighted by atomic mass is 10.1. The van der Waals surface area contributed by atoms with Gasteiger partial charge in [0, 0.05) is 12.1 Å². The van der Waals surface area contributed by atoms with E-state index in [1.807, 2.05) is 13.8 Å². The Morgan fingerprint density at radius 3 is 2.42 bits per heavy atom. The standard InChI is InChI=1S/C9H13NO2/c1-5(2)4-10-7-6(3)8(11)9(7)12/h5,10H,4H2,1-3H3/i/hT. The Balaban J connectivity index is 2.86. The van der Waals surface area contributed by atoms with Gasteiger partial charge in [0.05, 0.1) is 5.69 Å². The number of rotatable bonds is 3. The predicted octanol–water partition coefficient (Wildman–Crippen LogP) is 0.659. The average Bonchev–Trinajstić information content (AvgIpc) is 2.02. The van der Waals surface area contributed by atoms with Crippen LogP contribution in [0.1, 0.15) is 19.4 Å². The molecule has 3 nitrogen and oxygen atoms in total. The average molecular weight is 169 g/mol. The van der Waals surface area contributed by atoms with E-state index in [9.17, 15) is 9.59 Å². The SMILES string of the molecule is [3H]N(CC(C)C)c1c(C)c(=O)c1=O. The first-order valence-corrected chi connectivity index (χ1v) is 4.01. The molecule has 0 heterocycles. The van der Waals surface area contributed by atoms with Gasteiger partial charge in [-0.25, -0.2) is 0 Å². The molecule has 0 saturated carbocycles. The molecule has 1 N–H and O–H groups in total. The minimum Gasteiger partial charge on any atom is -0.381 e. The second-order valence-corrected chi connectivity index (χ2v) is 3.37. The smallest absolute Gasteiger partial charge is 0.249 e. The minimum atomic E-state index is -0.520. The fourth-order valence-corrected chi connectivity index (χ4v) is 0.957. The number of hydrogen-bond acceptors (Lipinski definition) is 3. The first-order chi connectivity index (χ1) is 5.95. The lowest BCUT2D eigenvalue weighted by Crippen LogP contribution is -2.37. The van der Waals surface area contributed by atoms with Crippen LogP contribution in [0.25, 0.3) is 0 Å². The number of nitrogens with one attached hydrogen (secondary N) is 1. The molecule has 0 spiro atoms. The zero-order valence-corrected chi connectivity index (χ0v) is 7.55. The monoisotopic (exact) mass is 169 g/mol. The molecule has 0 radical (unpaired) electrons. The highest BCUT2D eigenvalue weighted by molar-refractivity contribution is 5.55. The highest BCUT2D eigenvalue weighted by Crippen LogP contribution is 2.05. The molecule has 0 atom stereocenters. The van der Waals surface area contributed by atoms with Gasteiger partial charge in [0.1, 0.15) is 0 Å². The third kappa shape index (κ3) is 1.40. The van der Waals surface area contributed by atoms with Gasteiger partial charge in [-0.05, 0) is 12.8 Å². The summed E-state index contributed by atoms with van der Waals surface area (Å²) in [5.74, 6) is 0.307. The van der Waals surface area contributed by atoms with Crippen LogP contribution in [0, 0.1) is 12.8 Å². The summed E-state index contributed by atoms with van der Waals surface area (Å²) in [6, 6.07) is 0. The van der Waals surface area contributed by atoms with E-state index < -0.39 is 10.9 Å². The summed E-state index contributed by atoms with van der Waals surface area (Å²) in [6.07, 6.45) is 0. The van der Waals surface area contributed by atoms with E-state index in [0.717, 1.165) is 5.31 Å². The van der Waals surface area contributed by atoms with Crippen molar-refractivity contribution in [2.75, 3.05) is 11.9 Å². The van der Waals surface area contributed by atoms with Gasteiger partial charge in [-0.15, -0.1) is 0 Å². The van der Waals surface area contributed by atoms with Crippen LogP contribution >= 0.6 is 0 Å². The normalized spacial score (nSPS) is 12.2. The molecule has 1 rings (SSSR count). The molecule has 0 amide bonds. The fourth-order valence-electron chi connectivity index (χ4n) is 0.957. The first kappa shape index (κ1) is 7.53. The molecule has 66 valence electrons. The predicted molar refractivity (Wildman–Crippen MR) is 49.4 cm³/mol. The molecule has 0 bridgehead atoms. The van der Waals surface area contributed by atoms with Crippen molar-refractivity contribution in [3.8, 4) is 0 Å². The van der Waals surface area contributed by atoms with Crippen LogP contribution in [-0.2, 0) is 0 Å². The van der Waals surface area contributed by atoms with Gasteiger partial charge in [0.2, 0.25) is 10.9 Å². The van der Waals surface area contributed by atoms with Crippen LogP contribution in [0.5, 0.6) is 0 Å².